The smallest absolute Gasteiger partial charge is 0.329 e. The highest BCUT2D eigenvalue weighted by Crippen LogP contribution is 2.27. The van der Waals surface area contributed by atoms with Crippen LogP contribution in [0, 0.1) is 0 Å². The van der Waals surface area contributed by atoms with Crippen molar-refractivity contribution in [2.45, 2.75) is 56.8 Å². The van der Waals surface area contributed by atoms with Crippen LogP contribution < -0.4 is 37.8 Å². The Hall–Kier alpha value is -7.18. The van der Waals surface area contributed by atoms with Crippen molar-refractivity contribution in [1.29, 1.82) is 0 Å². The zero-order valence-corrected chi connectivity index (χ0v) is 31.5. The van der Waals surface area contributed by atoms with Crippen molar-refractivity contribution in [3.05, 3.63) is 105 Å². The first kappa shape index (κ1) is 37.7. The van der Waals surface area contributed by atoms with E-state index in [0.717, 1.165) is 12.0 Å². The lowest BCUT2D eigenvalue weighted by Gasteiger charge is -2.21. The summed E-state index contributed by atoms with van der Waals surface area (Å²) in [6.45, 7) is 0.416. The zero-order chi connectivity index (χ0) is 40.7. The van der Waals surface area contributed by atoms with Crippen LogP contribution in [0.25, 0.3) is 22.5 Å². The number of carbonyl (C=O) groups is 4. The Morgan fingerprint density at radius 3 is 2.57 bits per heavy atom. The molecule has 1 aliphatic heterocycles. The number of anilines is 3. The minimum absolute atomic E-state index is 0.156. The first-order valence-electron chi connectivity index (χ1n) is 18.8. The van der Waals surface area contributed by atoms with Gasteiger partial charge in [-0.2, -0.15) is 9.61 Å². The first-order chi connectivity index (χ1) is 28.0. The Balaban J connectivity index is 0.872. The summed E-state index contributed by atoms with van der Waals surface area (Å²) in [4.78, 5) is 85.4. The summed E-state index contributed by atoms with van der Waals surface area (Å²) in [7, 11) is 3.33. The zero-order valence-electron chi connectivity index (χ0n) is 31.5. The molecular formula is C39H39FN12O6. The number of imide groups is 1. The quantitative estimate of drug-likeness (QED) is 0.0844. The minimum Gasteiger partial charge on any atom is -0.373 e. The Bertz CT molecular complexity index is 2740. The number of nitrogens with one attached hydrogen (secondary N) is 5. The van der Waals surface area contributed by atoms with Gasteiger partial charge in [-0.25, -0.2) is 19.2 Å². The van der Waals surface area contributed by atoms with E-state index in [9.17, 15) is 33.2 Å². The highest BCUT2D eigenvalue weighted by molar-refractivity contribution is 6.01. The topological polar surface area (TPSA) is 220 Å². The fourth-order valence-electron chi connectivity index (χ4n) is 7.05. The molecule has 19 heteroatoms. The third-order valence-corrected chi connectivity index (χ3v) is 10.3. The molecule has 4 amide bonds. The van der Waals surface area contributed by atoms with Crippen LogP contribution in [-0.2, 0) is 23.1 Å². The fourth-order valence-corrected chi connectivity index (χ4v) is 7.05. The van der Waals surface area contributed by atoms with Gasteiger partial charge in [0.25, 0.3) is 17.4 Å². The predicted molar refractivity (Wildman–Crippen MR) is 210 cm³/mol. The third-order valence-electron chi connectivity index (χ3n) is 10.3. The van der Waals surface area contributed by atoms with Crippen molar-refractivity contribution < 1.29 is 23.6 Å². The van der Waals surface area contributed by atoms with Gasteiger partial charge in [0.1, 0.15) is 40.9 Å². The van der Waals surface area contributed by atoms with Crippen LogP contribution in [0.15, 0.2) is 76.7 Å². The fraction of sp³-hybridized carbons (Fsp3) is 0.308. The van der Waals surface area contributed by atoms with Crippen LogP contribution in [0.3, 0.4) is 0 Å². The molecule has 6 aromatic rings. The van der Waals surface area contributed by atoms with Gasteiger partial charge in [0.15, 0.2) is 5.65 Å². The summed E-state index contributed by atoms with van der Waals surface area (Å²) in [6, 6.07) is 12.4. The number of hydrogen-bond donors (Lipinski definition) is 5. The molecule has 58 heavy (non-hydrogen) atoms. The number of aromatic nitrogens is 7. The average Bonchev–Trinajstić information content (AvgIpc) is 3.63. The highest BCUT2D eigenvalue weighted by atomic mass is 19.1. The van der Waals surface area contributed by atoms with Crippen LogP contribution in [0.5, 0.6) is 0 Å². The van der Waals surface area contributed by atoms with Crippen molar-refractivity contribution in [3.8, 4) is 5.82 Å². The number of piperidine rings is 1. The van der Waals surface area contributed by atoms with Crippen molar-refractivity contribution >= 4 is 57.6 Å². The highest BCUT2D eigenvalue weighted by Gasteiger charge is 2.39. The monoisotopic (exact) mass is 790 g/mol. The van der Waals surface area contributed by atoms with Crippen molar-refractivity contribution in [2.75, 3.05) is 24.2 Å². The van der Waals surface area contributed by atoms with Crippen molar-refractivity contribution in [1.82, 2.24) is 49.2 Å². The summed E-state index contributed by atoms with van der Waals surface area (Å²) in [5.74, 6) is -0.606. The maximum atomic E-state index is 13.6. The molecule has 2 aliphatic rings. The molecule has 1 aliphatic carbocycles. The van der Waals surface area contributed by atoms with Crippen LogP contribution in [-0.4, -0.2) is 82.7 Å². The van der Waals surface area contributed by atoms with Gasteiger partial charge in [-0.15, -0.1) is 0 Å². The van der Waals surface area contributed by atoms with E-state index in [1.807, 2.05) is 18.2 Å². The van der Waals surface area contributed by atoms with E-state index in [1.54, 1.807) is 50.6 Å². The number of aryl methyl sites for hydroxylation is 2. The lowest BCUT2D eigenvalue weighted by atomic mass is 10.0. The van der Waals surface area contributed by atoms with Gasteiger partial charge in [0.2, 0.25) is 11.8 Å². The molecule has 1 unspecified atom stereocenters. The third kappa shape index (κ3) is 7.28. The molecule has 3 atom stereocenters. The minimum atomic E-state index is -1.07. The maximum absolute atomic E-state index is 13.6. The number of carbonyl (C=O) groups excluding carboxylic acids is 4. The Morgan fingerprint density at radius 2 is 1.83 bits per heavy atom. The molecule has 5 aromatic heterocycles. The van der Waals surface area contributed by atoms with Crippen molar-refractivity contribution in [2.24, 2.45) is 7.05 Å². The maximum Gasteiger partial charge on any atom is 0.329 e. The average molecular weight is 791 g/mol. The van der Waals surface area contributed by atoms with Crippen LogP contribution in [0.4, 0.5) is 21.7 Å². The van der Waals surface area contributed by atoms with E-state index in [1.165, 1.54) is 30.6 Å². The van der Waals surface area contributed by atoms with E-state index < -0.39 is 35.6 Å². The van der Waals surface area contributed by atoms with Gasteiger partial charge in [0.05, 0.1) is 28.8 Å². The predicted octanol–water partition coefficient (Wildman–Crippen LogP) is 2.28. The molecule has 6 heterocycles. The number of fused-ring (bicyclic) bond motifs is 2. The Labute approximate surface area is 328 Å². The van der Waals surface area contributed by atoms with Crippen LogP contribution >= 0.6 is 0 Å². The SMILES string of the molecule is CNc1cc(Nc2cccn(-c3ccc(C(=O)NCCCCc4ccc5c(c4)n(C)c(=O)n5C4CCC(=O)NC4=O)cn3)c2=O)nc2c(C(=O)N[C@@H]3C[C@@H]3F)cnn12. The van der Waals surface area contributed by atoms with E-state index in [2.05, 4.69) is 41.7 Å². The number of halogens is 1. The normalized spacial score (nSPS) is 17.6. The molecule has 2 fully saturated rings. The number of unbranched alkanes of at least 4 members (excludes halogenated alkanes) is 1. The number of imidazole rings is 1. The van der Waals surface area contributed by atoms with Gasteiger partial charge in [-0.05, 0) is 67.6 Å². The number of nitrogens with zero attached hydrogens (tertiary/aromatic N) is 7. The molecule has 298 valence electrons. The molecule has 0 radical (unpaired) electrons. The summed E-state index contributed by atoms with van der Waals surface area (Å²) in [5, 5.41) is 18.1. The molecule has 1 aromatic carbocycles. The summed E-state index contributed by atoms with van der Waals surface area (Å²) < 4.78 is 19.1. The summed E-state index contributed by atoms with van der Waals surface area (Å²) in [6.07, 6.45) is 6.08. The molecule has 0 spiro atoms. The van der Waals surface area contributed by atoms with E-state index in [0.29, 0.717) is 41.8 Å². The van der Waals surface area contributed by atoms with Crippen LogP contribution in [0.1, 0.15) is 64.4 Å². The molecule has 0 bridgehead atoms. The van der Waals surface area contributed by atoms with Gasteiger partial charge in [0, 0.05) is 51.9 Å². The van der Waals surface area contributed by atoms with Gasteiger partial charge in [-0.3, -0.25) is 43.0 Å². The standard InChI is InChI=1S/C39H39FN12O6/c1-41-32-18-30(47-34-23(20-44-52(32)34)36(55)46-26-17-24(26)40)45-25-7-5-15-50(38(25)57)31-12-9-22(19-43-31)35(54)42-14-4-3-6-21-8-10-27-29(16-21)49(2)39(58)51(27)28-11-13-33(53)48-37(28)56/h5,7-10,12,15-16,18-20,24,26,28,41H,3-4,6,11,13-14,17H2,1-2H3,(H,42,54)(H,45,47)(H,46,55)(H,48,53,56)/t24-,26+,28?/m0/s1. The lowest BCUT2D eigenvalue weighted by molar-refractivity contribution is -0.135. The van der Waals surface area contributed by atoms with Crippen molar-refractivity contribution in [3.63, 3.8) is 0 Å². The first-order valence-corrected chi connectivity index (χ1v) is 18.8. The van der Waals surface area contributed by atoms with E-state index in [4.69, 9.17) is 0 Å². The number of pyridine rings is 2. The lowest BCUT2D eigenvalue weighted by Crippen LogP contribution is -2.44. The second-order valence-electron chi connectivity index (χ2n) is 14.2. The largest absolute Gasteiger partial charge is 0.373 e. The molecular weight excluding hydrogens is 752 g/mol. The van der Waals surface area contributed by atoms with Gasteiger partial charge in [-0.1, -0.05) is 6.07 Å². The summed E-state index contributed by atoms with van der Waals surface area (Å²) in [5.41, 5.74) is 2.42. The Morgan fingerprint density at radius 1 is 1.00 bits per heavy atom. The molecule has 1 saturated carbocycles. The molecule has 1 saturated heterocycles. The molecule has 8 rings (SSSR count). The second kappa shape index (κ2) is 15.4. The molecule has 18 nitrogen and oxygen atoms in total. The molecule has 5 N–H and O–H groups in total. The van der Waals surface area contributed by atoms with E-state index >= 15 is 0 Å². The van der Waals surface area contributed by atoms with Gasteiger partial charge >= 0.3 is 5.69 Å². The van der Waals surface area contributed by atoms with E-state index in [-0.39, 0.29) is 65.3 Å². The van der Waals surface area contributed by atoms with Crippen LogP contribution in [0.2, 0.25) is 0 Å². The summed E-state index contributed by atoms with van der Waals surface area (Å²) >= 11 is 0. The number of alkyl halides is 1. The number of benzene rings is 1. The second-order valence-corrected chi connectivity index (χ2v) is 14.2. The number of hydrogen-bond acceptors (Lipinski definition) is 11. The number of rotatable bonds is 13. The van der Waals surface area contributed by atoms with Gasteiger partial charge < -0.3 is 21.3 Å². The number of amides is 4. The Kier molecular flexibility index (Phi) is 10.0.